The fourth-order valence-corrected chi connectivity index (χ4v) is 3.42. The van der Waals surface area contributed by atoms with E-state index in [0.717, 1.165) is 21.1 Å². The van der Waals surface area contributed by atoms with Gasteiger partial charge >= 0.3 is 0 Å². The summed E-state index contributed by atoms with van der Waals surface area (Å²) in [7, 11) is 0. The number of aromatic nitrogens is 2. The van der Waals surface area contributed by atoms with Crippen LogP contribution in [0.3, 0.4) is 0 Å². The molecule has 5 nitrogen and oxygen atoms in total. The predicted molar refractivity (Wildman–Crippen MR) is 93.6 cm³/mol. The molecule has 3 N–H and O–H groups in total. The van der Waals surface area contributed by atoms with Crippen LogP contribution in [0.25, 0.3) is 11.0 Å². The summed E-state index contributed by atoms with van der Waals surface area (Å²) in [5.41, 5.74) is 8.82. The van der Waals surface area contributed by atoms with Gasteiger partial charge in [0.15, 0.2) is 0 Å². The molecule has 2 heterocycles. The van der Waals surface area contributed by atoms with E-state index in [-0.39, 0.29) is 5.92 Å². The molecule has 0 spiro atoms. The minimum absolute atomic E-state index is 0.283. The molecule has 1 aliphatic rings. The summed E-state index contributed by atoms with van der Waals surface area (Å²) >= 11 is 3.43. The number of aliphatic hydroxyl groups excluding tert-OH is 1. The Kier molecular flexibility index (Phi) is 3.43. The Morgan fingerprint density at radius 2 is 2.04 bits per heavy atom. The van der Waals surface area contributed by atoms with Gasteiger partial charge in [0, 0.05) is 11.0 Å². The number of nitrogens with zero attached hydrogens (tertiary/aromatic N) is 3. The first kappa shape index (κ1) is 14.4. The molecule has 23 heavy (non-hydrogen) atoms. The summed E-state index contributed by atoms with van der Waals surface area (Å²) in [6, 6.07) is 15.5. The van der Waals surface area contributed by atoms with Crippen molar-refractivity contribution in [3.8, 4) is 0 Å². The van der Waals surface area contributed by atoms with Crippen LogP contribution in [0.15, 0.2) is 58.0 Å². The smallest absolute Gasteiger partial charge is 0.232 e. The number of hydrogen-bond donors (Lipinski definition) is 2. The third-order valence-corrected chi connectivity index (χ3v) is 4.69. The first-order valence-electron chi connectivity index (χ1n) is 7.36. The fourth-order valence-electron chi connectivity index (χ4n) is 3.00. The third-order valence-electron chi connectivity index (χ3n) is 4.19. The van der Waals surface area contributed by atoms with Crippen LogP contribution in [0.1, 0.15) is 11.7 Å². The zero-order valence-corrected chi connectivity index (χ0v) is 13.8. The van der Waals surface area contributed by atoms with Crippen LogP contribution in [-0.4, -0.2) is 20.5 Å². The number of halogens is 1. The van der Waals surface area contributed by atoms with Crippen molar-refractivity contribution in [2.75, 3.05) is 0 Å². The summed E-state index contributed by atoms with van der Waals surface area (Å²) < 4.78 is 2.94. The zero-order chi connectivity index (χ0) is 16.0. The lowest BCUT2D eigenvalue weighted by molar-refractivity contribution is 0.130. The molecule has 6 heteroatoms. The standard InChI is InChI=1S/C17H15BrN4O/c18-11-5-3-4-10(8-11)15(23)12-9-22-14-7-2-1-6-13(14)20-17(22)21-16(12)19/h1-8,12,15,23H,9H2,(H2,19,20,21). The van der Waals surface area contributed by atoms with E-state index in [9.17, 15) is 5.11 Å². The van der Waals surface area contributed by atoms with E-state index in [1.807, 2.05) is 53.1 Å². The lowest BCUT2D eigenvalue weighted by atomic mass is 9.94. The Morgan fingerprint density at radius 3 is 2.87 bits per heavy atom. The van der Waals surface area contributed by atoms with Crippen LogP contribution in [-0.2, 0) is 6.54 Å². The first-order valence-corrected chi connectivity index (χ1v) is 8.15. The molecular weight excluding hydrogens is 356 g/mol. The highest BCUT2D eigenvalue weighted by Crippen LogP contribution is 2.33. The minimum Gasteiger partial charge on any atom is -0.388 e. The van der Waals surface area contributed by atoms with Gasteiger partial charge in [0.25, 0.3) is 0 Å². The second-order valence-electron chi connectivity index (χ2n) is 5.65. The number of rotatable bonds is 2. The highest BCUT2D eigenvalue weighted by Gasteiger charge is 2.30. The lowest BCUT2D eigenvalue weighted by Gasteiger charge is -2.27. The van der Waals surface area contributed by atoms with Crippen molar-refractivity contribution in [1.29, 1.82) is 0 Å². The molecule has 0 saturated carbocycles. The second kappa shape index (κ2) is 5.47. The quantitative estimate of drug-likeness (QED) is 0.727. The number of nitrogens with two attached hydrogens (primary N) is 1. The van der Waals surface area contributed by atoms with E-state index in [1.165, 1.54) is 0 Å². The van der Waals surface area contributed by atoms with Crippen molar-refractivity contribution in [2.45, 2.75) is 12.6 Å². The summed E-state index contributed by atoms with van der Waals surface area (Å²) in [5.74, 6) is 0.732. The Bertz CT molecular complexity index is 918. The van der Waals surface area contributed by atoms with E-state index < -0.39 is 6.10 Å². The molecule has 0 radical (unpaired) electrons. The number of imidazole rings is 1. The van der Waals surface area contributed by atoms with Gasteiger partial charge in [-0.25, -0.2) is 4.98 Å². The van der Waals surface area contributed by atoms with E-state index in [0.29, 0.717) is 18.3 Å². The first-order chi connectivity index (χ1) is 11.1. The van der Waals surface area contributed by atoms with Crippen LogP contribution in [0.5, 0.6) is 0 Å². The van der Waals surface area contributed by atoms with E-state index in [4.69, 9.17) is 5.73 Å². The van der Waals surface area contributed by atoms with Crippen molar-refractivity contribution >= 4 is 38.7 Å². The number of para-hydroxylation sites is 2. The average molecular weight is 371 g/mol. The van der Waals surface area contributed by atoms with Crippen molar-refractivity contribution < 1.29 is 5.11 Å². The Labute approximate surface area is 141 Å². The van der Waals surface area contributed by atoms with E-state index in [1.54, 1.807) is 0 Å². The molecule has 3 aromatic rings. The largest absolute Gasteiger partial charge is 0.388 e. The van der Waals surface area contributed by atoms with Crippen LogP contribution >= 0.6 is 15.9 Å². The molecular formula is C17H15BrN4O. The van der Waals surface area contributed by atoms with Crippen LogP contribution in [0, 0.1) is 5.92 Å². The van der Waals surface area contributed by atoms with Crippen molar-refractivity contribution in [1.82, 2.24) is 9.55 Å². The molecule has 0 saturated heterocycles. The molecule has 4 rings (SSSR count). The summed E-state index contributed by atoms with van der Waals surface area (Å²) in [4.78, 5) is 8.90. The average Bonchev–Trinajstić information content (AvgIpc) is 2.90. The molecule has 0 aliphatic carbocycles. The fraction of sp³-hybridized carbons (Fsp3) is 0.176. The third kappa shape index (κ3) is 2.44. The number of benzene rings is 2. The molecule has 0 fully saturated rings. The van der Waals surface area contributed by atoms with Gasteiger partial charge in [0.2, 0.25) is 5.95 Å². The predicted octanol–water partition coefficient (Wildman–Crippen LogP) is 3.15. The number of fused-ring (bicyclic) bond motifs is 3. The number of aliphatic hydroxyl groups is 1. The summed E-state index contributed by atoms with van der Waals surface area (Å²) in [6.45, 7) is 0.554. The van der Waals surface area contributed by atoms with E-state index in [2.05, 4.69) is 25.9 Å². The van der Waals surface area contributed by atoms with Crippen LogP contribution in [0.2, 0.25) is 0 Å². The Hall–Kier alpha value is -2.18. The SMILES string of the molecule is NC1=Nc2nc3ccccc3n2CC1C(O)c1cccc(Br)c1. The monoisotopic (exact) mass is 370 g/mol. The van der Waals surface area contributed by atoms with Crippen molar-refractivity contribution in [3.05, 3.63) is 58.6 Å². The maximum Gasteiger partial charge on any atom is 0.232 e. The normalized spacial score (nSPS) is 18.5. The number of amidine groups is 1. The van der Waals surface area contributed by atoms with Crippen LogP contribution in [0.4, 0.5) is 5.95 Å². The van der Waals surface area contributed by atoms with E-state index >= 15 is 0 Å². The summed E-state index contributed by atoms with van der Waals surface area (Å²) in [6.07, 6.45) is -0.717. The molecule has 0 bridgehead atoms. The molecule has 116 valence electrons. The van der Waals surface area contributed by atoms with Gasteiger partial charge in [-0.3, -0.25) is 0 Å². The van der Waals surface area contributed by atoms with Gasteiger partial charge in [0.1, 0.15) is 5.84 Å². The molecule has 1 aliphatic heterocycles. The van der Waals surface area contributed by atoms with Gasteiger partial charge in [-0.05, 0) is 29.8 Å². The maximum absolute atomic E-state index is 10.8. The lowest BCUT2D eigenvalue weighted by Crippen LogP contribution is -2.35. The molecule has 2 aromatic carbocycles. The van der Waals surface area contributed by atoms with Crippen molar-refractivity contribution in [3.63, 3.8) is 0 Å². The highest BCUT2D eigenvalue weighted by molar-refractivity contribution is 9.10. The van der Waals surface area contributed by atoms with Gasteiger partial charge in [0.05, 0.1) is 23.1 Å². The van der Waals surface area contributed by atoms with Crippen molar-refractivity contribution in [2.24, 2.45) is 16.6 Å². The van der Waals surface area contributed by atoms with Gasteiger partial charge in [-0.1, -0.05) is 40.2 Å². The number of aliphatic imine (C=N–C) groups is 1. The number of hydrogen-bond acceptors (Lipinski definition) is 4. The minimum atomic E-state index is -0.717. The molecule has 2 unspecified atom stereocenters. The van der Waals surface area contributed by atoms with Gasteiger partial charge < -0.3 is 15.4 Å². The Morgan fingerprint density at radius 1 is 1.22 bits per heavy atom. The maximum atomic E-state index is 10.8. The second-order valence-corrected chi connectivity index (χ2v) is 6.57. The van der Waals surface area contributed by atoms with Crippen LogP contribution < -0.4 is 5.73 Å². The van der Waals surface area contributed by atoms with Gasteiger partial charge in [-0.15, -0.1) is 0 Å². The van der Waals surface area contributed by atoms with Gasteiger partial charge in [-0.2, -0.15) is 4.99 Å². The zero-order valence-electron chi connectivity index (χ0n) is 12.2. The molecule has 0 amide bonds. The summed E-state index contributed by atoms with van der Waals surface area (Å²) in [5, 5.41) is 10.8. The highest BCUT2D eigenvalue weighted by atomic mass is 79.9. The Balaban J connectivity index is 1.75. The topological polar surface area (TPSA) is 76.4 Å². The molecule has 2 atom stereocenters. The molecule has 1 aromatic heterocycles.